The zero-order valence-corrected chi connectivity index (χ0v) is 13.5. The lowest BCUT2D eigenvalue weighted by Gasteiger charge is -2.10. The summed E-state index contributed by atoms with van der Waals surface area (Å²) in [6.07, 6.45) is 1.53. The van der Waals surface area contributed by atoms with Crippen molar-refractivity contribution < 1.29 is 0 Å². The summed E-state index contributed by atoms with van der Waals surface area (Å²) < 4.78 is 0. The number of aromatic nitrogens is 2. The van der Waals surface area contributed by atoms with Gasteiger partial charge in [-0.15, -0.1) is 0 Å². The van der Waals surface area contributed by atoms with Gasteiger partial charge in [0, 0.05) is 12.6 Å². The third-order valence-electron chi connectivity index (χ3n) is 3.52. The lowest BCUT2D eigenvalue weighted by Crippen LogP contribution is -2.04. The third kappa shape index (κ3) is 3.99. The van der Waals surface area contributed by atoms with Gasteiger partial charge in [0.1, 0.15) is 18.0 Å². The molecule has 0 saturated heterocycles. The van der Waals surface area contributed by atoms with Gasteiger partial charge in [-0.25, -0.2) is 9.97 Å². The van der Waals surface area contributed by atoms with Gasteiger partial charge in [-0.05, 0) is 30.2 Å². The quantitative estimate of drug-likeness (QED) is 0.708. The molecule has 0 spiro atoms. The highest BCUT2D eigenvalue weighted by molar-refractivity contribution is 6.33. The van der Waals surface area contributed by atoms with Crippen molar-refractivity contribution >= 4 is 28.9 Å². The van der Waals surface area contributed by atoms with E-state index in [-0.39, 0.29) is 0 Å². The molecule has 0 fully saturated rings. The second-order valence-corrected chi connectivity index (χ2v) is 5.58. The zero-order valence-electron chi connectivity index (χ0n) is 12.8. The van der Waals surface area contributed by atoms with Gasteiger partial charge in [0.05, 0.1) is 10.7 Å². The maximum Gasteiger partial charge on any atom is 0.135 e. The van der Waals surface area contributed by atoms with Crippen molar-refractivity contribution in [2.75, 3.05) is 10.6 Å². The van der Waals surface area contributed by atoms with Gasteiger partial charge in [0.25, 0.3) is 0 Å². The number of halogens is 1. The minimum absolute atomic E-state index is 0.653. The average molecular weight is 325 g/mol. The lowest BCUT2D eigenvalue weighted by molar-refractivity contribution is 1.07. The van der Waals surface area contributed by atoms with Crippen molar-refractivity contribution in [1.29, 1.82) is 0 Å². The molecule has 23 heavy (non-hydrogen) atoms. The normalized spacial score (nSPS) is 10.3. The summed E-state index contributed by atoms with van der Waals surface area (Å²) in [5.74, 6) is 1.46. The van der Waals surface area contributed by atoms with E-state index in [1.807, 2.05) is 42.5 Å². The largest absolute Gasteiger partial charge is 0.366 e. The Labute approximate surface area is 140 Å². The van der Waals surface area contributed by atoms with E-state index in [1.54, 1.807) is 0 Å². The lowest BCUT2D eigenvalue weighted by atomic mass is 10.1. The highest BCUT2D eigenvalue weighted by Crippen LogP contribution is 2.24. The topological polar surface area (TPSA) is 49.8 Å². The molecule has 0 aliphatic heterocycles. The number of nitrogens with zero attached hydrogens (tertiary/aromatic N) is 2. The molecule has 5 heteroatoms. The van der Waals surface area contributed by atoms with E-state index in [4.69, 9.17) is 11.6 Å². The van der Waals surface area contributed by atoms with Gasteiger partial charge in [0.15, 0.2) is 0 Å². The van der Waals surface area contributed by atoms with Crippen LogP contribution in [0.1, 0.15) is 11.1 Å². The number of benzene rings is 2. The van der Waals surface area contributed by atoms with Crippen LogP contribution in [-0.2, 0) is 6.54 Å². The van der Waals surface area contributed by atoms with Crippen LogP contribution in [0.2, 0.25) is 5.02 Å². The van der Waals surface area contributed by atoms with E-state index in [1.165, 1.54) is 17.5 Å². The van der Waals surface area contributed by atoms with Crippen LogP contribution in [0, 0.1) is 6.92 Å². The number of nitrogens with one attached hydrogen (secondary N) is 2. The van der Waals surface area contributed by atoms with Crippen molar-refractivity contribution in [1.82, 2.24) is 9.97 Å². The van der Waals surface area contributed by atoms with E-state index in [0.717, 1.165) is 18.1 Å². The maximum absolute atomic E-state index is 6.15. The molecule has 0 bridgehead atoms. The molecule has 0 unspecified atom stereocenters. The van der Waals surface area contributed by atoms with E-state index >= 15 is 0 Å². The molecule has 116 valence electrons. The fourth-order valence-corrected chi connectivity index (χ4v) is 2.40. The molecule has 0 amide bonds. The number of aryl methyl sites for hydroxylation is 1. The molecule has 1 aromatic heterocycles. The van der Waals surface area contributed by atoms with Gasteiger partial charge in [-0.3, -0.25) is 0 Å². The summed E-state index contributed by atoms with van der Waals surface area (Å²) in [5.41, 5.74) is 3.31. The SMILES string of the molecule is Cc1ccccc1CNc1cc(Nc2ccccc2Cl)ncn1. The Kier molecular flexibility index (Phi) is 4.74. The van der Waals surface area contributed by atoms with E-state index in [9.17, 15) is 0 Å². The molecule has 0 radical (unpaired) electrons. The Bertz CT molecular complexity index is 804. The van der Waals surface area contributed by atoms with Gasteiger partial charge < -0.3 is 10.6 Å². The molecule has 0 saturated carbocycles. The first-order chi connectivity index (χ1) is 11.2. The van der Waals surface area contributed by atoms with Crippen LogP contribution in [0.25, 0.3) is 0 Å². The van der Waals surface area contributed by atoms with Gasteiger partial charge in [0.2, 0.25) is 0 Å². The standard InChI is InChI=1S/C18H17ClN4/c1-13-6-2-3-7-14(13)11-20-17-10-18(22-12-21-17)23-16-9-5-4-8-15(16)19/h2-10,12H,11H2,1H3,(H2,20,21,22,23). The number of anilines is 3. The van der Waals surface area contributed by atoms with Crippen molar-refractivity contribution in [2.24, 2.45) is 0 Å². The van der Waals surface area contributed by atoms with E-state index < -0.39 is 0 Å². The number of hydrogen-bond donors (Lipinski definition) is 2. The molecule has 4 nitrogen and oxygen atoms in total. The van der Waals surface area contributed by atoms with Crippen molar-refractivity contribution in [3.05, 3.63) is 77.1 Å². The van der Waals surface area contributed by atoms with Crippen LogP contribution in [0.4, 0.5) is 17.3 Å². The monoisotopic (exact) mass is 324 g/mol. The summed E-state index contributed by atoms with van der Waals surface area (Å²) in [4.78, 5) is 8.48. The van der Waals surface area contributed by atoms with Crippen molar-refractivity contribution in [3.63, 3.8) is 0 Å². The van der Waals surface area contributed by atoms with Gasteiger partial charge in [-0.2, -0.15) is 0 Å². The van der Waals surface area contributed by atoms with Crippen LogP contribution in [0.15, 0.2) is 60.9 Å². The smallest absolute Gasteiger partial charge is 0.135 e. The summed E-state index contributed by atoms with van der Waals surface area (Å²) in [6, 6.07) is 17.7. The molecule has 1 heterocycles. The summed E-state index contributed by atoms with van der Waals surface area (Å²) in [6.45, 7) is 2.82. The van der Waals surface area contributed by atoms with Gasteiger partial charge >= 0.3 is 0 Å². The van der Waals surface area contributed by atoms with Crippen LogP contribution >= 0.6 is 11.6 Å². The summed E-state index contributed by atoms with van der Waals surface area (Å²) >= 11 is 6.15. The molecular formula is C18H17ClN4. The van der Waals surface area contributed by atoms with Crippen molar-refractivity contribution in [2.45, 2.75) is 13.5 Å². The van der Waals surface area contributed by atoms with Crippen LogP contribution in [0.5, 0.6) is 0 Å². The fourth-order valence-electron chi connectivity index (χ4n) is 2.22. The summed E-state index contributed by atoms with van der Waals surface area (Å²) in [7, 11) is 0. The van der Waals surface area contributed by atoms with E-state index in [2.05, 4.69) is 39.7 Å². The second-order valence-electron chi connectivity index (χ2n) is 5.17. The number of para-hydroxylation sites is 1. The Morgan fingerprint density at radius 2 is 1.70 bits per heavy atom. The molecule has 3 aromatic rings. The molecule has 2 N–H and O–H groups in total. The first kappa shape index (κ1) is 15.3. The first-order valence-electron chi connectivity index (χ1n) is 7.34. The molecule has 0 aliphatic carbocycles. The Morgan fingerprint density at radius 3 is 2.52 bits per heavy atom. The minimum Gasteiger partial charge on any atom is -0.366 e. The number of hydrogen-bond acceptors (Lipinski definition) is 4. The molecule has 3 rings (SSSR count). The molecule has 0 aliphatic rings. The Balaban J connectivity index is 1.70. The van der Waals surface area contributed by atoms with Crippen LogP contribution < -0.4 is 10.6 Å². The predicted molar refractivity (Wildman–Crippen MR) is 95.3 cm³/mol. The fraction of sp³-hybridized carbons (Fsp3) is 0.111. The molecular weight excluding hydrogens is 308 g/mol. The van der Waals surface area contributed by atoms with Gasteiger partial charge in [-0.1, -0.05) is 48.0 Å². The summed E-state index contributed by atoms with van der Waals surface area (Å²) in [5, 5.41) is 7.17. The first-order valence-corrected chi connectivity index (χ1v) is 7.72. The Hall–Kier alpha value is -2.59. The van der Waals surface area contributed by atoms with Crippen LogP contribution in [0.3, 0.4) is 0 Å². The van der Waals surface area contributed by atoms with E-state index in [0.29, 0.717) is 10.8 Å². The highest BCUT2D eigenvalue weighted by atomic mass is 35.5. The maximum atomic E-state index is 6.15. The highest BCUT2D eigenvalue weighted by Gasteiger charge is 2.03. The third-order valence-corrected chi connectivity index (χ3v) is 3.85. The predicted octanol–water partition coefficient (Wildman–Crippen LogP) is 4.79. The second kappa shape index (κ2) is 7.11. The Morgan fingerprint density at radius 1 is 0.957 bits per heavy atom. The van der Waals surface area contributed by atoms with Crippen LogP contribution in [-0.4, -0.2) is 9.97 Å². The molecule has 2 aromatic carbocycles. The minimum atomic E-state index is 0.653. The van der Waals surface area contributed by atoms with Crippen molar-refractivity contribution in [3.8, 4) is 0 Å². The number of rotatable bonds is 5. The average Bonchev–Trinajstić information content (AvgIpc) is 2.57. The zero-order chi connectivity index (χ0) is 16.1. The molecule has 0 atom stereocenters.